The maximum atomic E-state index is 13.2. The Morgan fingerprint density at radius 2 is 1.90 bits per heavy atom. The van der Waals surface area contributed by atoms with E-state index >= 15 is 0 Å². The van der Waals surface area contributed by atoms with E-state index in [2.05, 4.69) is 4.98 Å². The van der Waals surface area contributed by atoms with Gasteiger partial charge in [0.25, 0.3) is 5.56 Å². The smallest absolute Gasteiger partial charge is 0.330 e. The largest absolute Gasteiger partial charge is 0.383 e. The lowest BCUT2D eigenvalue weighted by Gasteiger charge is -2.27. The van der Waals surface area contributed by atoms with Crippen molar-refractivity contribution in [3.8, 4) is 0 Å². The van der Waals surface area contributed by atoms with Crippen LogP contribution >= 0.6 is 0 Å². The number of nitrogens with one attached hydrogen (secondary N) is 1. The second-order valence-electron chi connectivity index (χ2n) is 7.37. The minimum absolute atomic E-state index is 0.0692. The summed E-state index contributed by atoms with van der Waals surface area (Å²) in [6.45, 7) is 4.23. The first-order chi connectivity index (χ1) is 14.1. The van der Waals surface area contributed by atoms with E-state index in [1.165, 1.54) is 28.7 Å². The van der Waals surface area contributed by atoms with Crippen LogP contribution in [0.25, 0.3) is 0 Å². The maximum absolute atomic E-state index is 13.2. The summed E-state index contributed by atoms with van der Waals surface area (Å²) in [7, 11) is 3.15. The number of anilines is 3. The fourth-order valence-corrected chi connectivity index (χ4v) is 3.00. The zero-order valence-corrected chi connectivity index (χ0v) is 17.6. The number of likely N-dealkylation sites (N-methyl/N-ethyl adjacent to an activating group) is 1. The zero-order chi connectivity index (χ0) is 22.4. The van der Waals surface area contributed by atoms with Crippen LogP contribution in [0.15, 0.2) is 33.9 Å². The number of aromatic nitrogens is 2. The van der Waals surface area contributed by atoms with Crippen LogP contribution in [0.5, 0.6) is 0 Å². The van der Waals surface area contributed by atoms with Gasteiger partial charge in [0.2, 0.25) is 5.91 Å². The molecule has 10 heteroatoms. The van der Waals surface area contributed by atoms with Crippen molar-refractivity contribution >= 4 is 23.1 Å². The van der Waals surface area contributed by atoms with E-state index in [4.69, 9.17) is 10.5 Å². The number of nitrogens with zero attached hydrogens (tertiary/aromatic N) is 3. The van der Waals surface area contributed by atoms with Gasteiger partial charge in [-0.1, -0.05) is 13.8 Å². The SMILES string of the molecule is COCCN(C(=O)CN(C)c1ccc(F)cc1)c1c(N)n(CC(C)C)c(=O)[nH]c1=O. The molecule has 30 heavy (non-hydrogen) atoms. The lowest BCUT2D eigenvalue weighted by Crippen LogP contribution is -2.46. The first-order valence-electron chi connectivity index (χ1n) is 9.54. The molecule has 1 aromatic carbocycles. The molecule has 0 saturated carbocycles. The Balaban J connectivity index is 2.41. The molecule has 0 fully saturated rings. The van der Waals surface area contributed by atoms with Gasteiger partial charge >= 0.3 is 5.69 Å². The van der Waals surface area contributed by atoms with E-state index in [1.54, 1.807) is 24.1 Å². The summed E-state index contributed by atoms with van der Waals surface area (Å²) in [4.78, 5) is 42.9. The van der Waals surface area contributed by atoms with Crippen LogP contribution in [0.1, 0.15) is 13.8 Å². The van der Waals surface area contributed by atoms with Crippen molar-refractivity contribution in [3.05, 3.63) is 50.9 Å². The Bertz CT molecular complexity index is 984. The van der Waals surface area contributed by atoms with Crippen LogP contribution < -0.4 is 26.8 Å². The second kappa shape index (κ2) is 10.1. The van der Waals surface area contributed by atoms with E-state index in [1.807, 2.05) is 13.8 Å². The molecular formula is C20H28FN5O4. The Hall–Kier alpha value is -3.14. The number of carbonyl (C=O) groups excluding carboxylic acids is 1. The number of nitrogen functional groups attached to an aromatic ring is 1. The summed E-state index contributed by atoms with van der Waals surface area (Å²) >= 11 is 0. The molecule has 0 saturated heterocycles. The highest BCUT2D eigenvalue weighted by Crippen LogP contribution is 2.19. The number of benzene rings is 1. The second-order valence-corrected chi connectivity index (χ2v) is 7.37. The quantitative estimate of drug-likeness (QED) is 0.625. The molecule has 0 aliphatic rings. The predicted octanol–water partition coefficient (Wildman–Crippen LogP) is 1.03. The number of H-pyrrole nitrogens is 1. The molecule has 1 amide bonds. The van der Waals surface area contributed by atoms with Gasteiger partial charge in [-0.15, -0.1) is 0 Å². The van der Waals surface area contributed by atoms with Gasteiger partial charge in [0.05, 0.1) is 13.2 Å². The van der Waals surface area contributed by atoms with Crippen LogP contribution in [0.2, 0.25) is 0 Å². The van der Waals surface area contributed by atoms with E-state index in [9.17, 15) is 18.8 Å². The Morgan fingerprint density at radius 1 is 1.27 bits per heavy atom. The van der Waals surface area contributed by atoms with Gasteiger partial charge in [-0.05, 0) is 30.2 Å². The van der Waals surface area contributed by atoms with Gasteiger partial charge < -0.3 is 20.3 Å². The lowest BCUT2D eigenvalue weighted by molar-refractivity contribution is -0.117. The van der Waals surface area contributed by atoms with E-state index in [0.29, 0.717) is 5.69 Å². The van der Waals surface area contributed by atoms with E-state index in [0.717, 1.165) is 0 Å². The number of ether oxygens (including phenoxy) is 1. The van der Waals surface area contributed by atoms with Crippen molar-refractivity contribution < 1.29 is 13.9 Å². The number of amides is 1. The lowest BCUT2D eigenvalue weighted by atomic mass is 10.2. The van der Waals surface area contributed by atoms with Crippen molar-refractivity contribution in [2.45, 2.75) is 20.4 Å². The number of rotatable bonds is 9. The molecule has 0 aliphatic carbocycles. The molecule has 0 unspecified atom stereocenters. The summed E-state index contributed by atoms with van der Waals surface area (Å²) < 4.78 is 19.5. The number of nitrogens with two attached hydrogens (primary N) is 1. The Morgan fingerprint density at radius 3 is 2.47 bits per heavy atom. The molecule has 0 atom stereocenters. The van der Waals surface area contributed by atoms with Crippen molar-refractivity contribution in [2.75, 3.05) is 49.4 Å². The fourth-order valence-electron chi connectivity index (χ4n) is 3.00. The number of hydrogen-bond acceptors (Lipinski definition) is 6. The molecule has 2 rings (SSSR count). The first kappa shape index (κ1) is 23.1. The van der Waals surface area contributed by atoms with Crippen molar-refractivity contribution in [2.24, 2.45) is 5.92 Å². The minimum atomic E-state index is -0.744. The third kappa shape index (κ3) is 5.47. The maximum Gasteiger partial charge on any atom is 0.330 e. The zero-order valence-electron chi connectivity index (χ0n) is 17.6. The van der Waals surface area contributed by atoms with Crippen molar-refractivity contribution in [3.63, 3.8) is 0 Å². The topological polar surface area (TPSA) is 114 Å². The number of aromatic amines is 1. The van der Waals surface area contributed by atoms with Gasteiger partial charge in [0.15, 0.2) is 5.69 Å². The monoisotopic (exact) mass is 421 g/mol. The first-order valence-corrected chi connectivity index (χ1v) is 9.54. The average molecular weight is 421 g/mol. The molecule has 9 nitrogen and oxygen atoms in total. The molecule has 2 aromatic rings. The minimum Gasteiger partial charge on any atom is -0.383 e. The van der Waals surface area contributed by atoms with Crippen LogP contribution in [-0.4, -0.2) is 49.3 Å². The standard InChI is InChI=1S/C20H28FN5O4/c1-13(2)11-26-18(22)17(19(28)23-20(26)29)25(9-10-30-4)16(27)12-24(3)15-7-5-14(21)6-8-15/h5-8,13H,9-12,22H2,1-4H3,(H,23,28,29). The Labute approximate surface area is 173 Å². The number of methoxy groups -OCH3 is 1. The van der Waals surface area contributed by atoms with Gasteiger partial charge in [0.1, 0.15) is 11.6 Å². The predicted molar refractivity (Wildman–Crippen MR) is 114 cm³/mol. The summed E-state index contributed by atoms with van der Waals surface area (Å²) in [5, 5.41) is 0. The van der Waals surface area contributed by atoms with Crippen LogP contribution in [-0.2, 0) is 16.1 Å². The molecule has 1 aromatic heterocycles. The van der Waals surface area contributed by atoms with Crippen molar-refractivity contribution in [1.29, 1.82) is 0 Å². The molecule has 3 N–H and O–H groups in total. The number of hydrogen-bond donors (Lipinski definition) is 2. The number of halogens is 1. The average Bonchev–Trinajstić information content (AvgIpc) is 2.67. The molecule has 164 valence electrons. The van der Waals surface area contributed by atoms with Gasteiger partial charge in [-0.2, -0.15) is 0 Å². The highest BCUT2D eigenvalue weighted by atomic mass is 19.1. The van der Waals surface area contributed by atoms with E-state index in [-0.39, 0.29) is 49.5 Å². The highest BCUT2D eigenvalue weighted by molar-refractivity contribution is 5.98. The molecule has 0 bridgehead atoms. The molecule has 0 radical (unpaired) electrons. The van der Waals surface area contributed by atoms with Crippen LogP contribution in [0, 0.1) is 11.7 Å². The third-order valence-electron chi connectivity index (χ3n) is 4.49. The normalized spacial score (nSPS) is 11.0. The van der Waals surface area contributed by atoms with Gasteiger partial charge in [-0.25, -0.2) is 9.18 Å². The summed E-state index contributed by atoms with van der Waals surface area (Å²) in [6, 6.07) is 5.69. The number of carbonyl (C=O) groups is 1. The molecule has 0 spiro atoms. The van der Waals surface area contributed by atoms with Gasteiger partial charge in [-0.3, -0.25) is 19.1 Å². The Kier molecular flexibility index (Phi) is 7.76. The van der Waals surface area contributed by atoms with Gasteiger partial charge in [0, 0.05) is 32.9 Å². The highest BCUT2D eigenvalue weighted by Gasteiger charge is 2.25. The summed E-state index contributed by atoms with van der Waals surface area (Å²) in [5.74, 6) is -0.791. The van der Waals surface area contributed by atoms with E-state index < -0.39 is 17.2 Å². The van der Waals surface area contributed by atoms with Crippen LogP contribution in [0.3, 0.4) is 0 Å². The van der Waals surface area contributed by atoms with Crippen molar-refractivity contribution in [1.82, 2.24) is 9.55 Å². The molecular weight excluding hydrogens is 393 g/mol. The summed E-state index contributed by atoms with van der Waals surface area (Å²) in [6.07, 6.45) is 0. The third-order valence-corrected chi connectivity index (χ3v) is 4.49. The van der Waals surface area contributed by atoms with Crippen LogP contribution in [0.4, 0.5) is 21.6 Å². The molecule has 0 aliphatic heterocycles. The summed E-state index contributed by atoms with van der Waals surface area (Å²) in [5.41, 5.74) is 5.32. The fraction of sp³-hybridized carbons (Fsp3) is 0.450. The molecule has 1 heterocycles.